The first-order chi connectivity index (χ1) is 7.38. The first kappa shape index (κ1) is 11.2. The number of hydrogen-bond donors (Lipinski definition) is 1. The molecule has 0 aromatic heterocycles. The molecule has 1 N–H and O–H groups in total. The highest BCUT2D eigenvalue weighted by molar-refractivity contribution is 4.94. The monoisotopic (exact) mass is 207 g/mol. The zero-order valence-electron chi connectivity index (χ0n) is 10.0. The number of allylic oxidation sites excluding steroid dienone is 1. The number of nitrogens with one attached hydrogen (secondary N) is 1. The third-order valence-electron chi connectivity index (χ3n) is 4.10. The highest BCUT2D eigenvalue weighted by atomic mass is 14.9. The molecule has 0 bridgehead atoms. The molecule has 3 unspecified atom stereocenters. The summed E-state index contributed by atoms with van der Waals surface area (Å²) in [5.74, 6) is 0.996. The highest BCUT2D eigenvalue weighted by Gasteiger charge is 2.22. The molecule has 2 aliphatic rings. The van der Waals surface area contributed by atoms with Crippen LogP contribution in [-0.4, -0.2) is 12.1 Å². The molecular formula is C14H25N. The number of hydrogen-bond acceptors (Lipinski definition) is 1. The molecule has 0 saturated heterocycles. The van der Waals surface area contributed by atoms with Crippen LogP contribution >= 0.6 is 0 Å². The van der Waals surface area contributed by atoms with Crippen molar-refractivity contribution >= 4 is 0 Å². The molecule has 0 spiro atoms. The topological polar surface area (TPSA) is 12.0 Å². The van der Waals surface area contributed by atoms with Gasteiger partial charge in [0.15, 0.2) is 0 Å². The summed E-state index contributed by atoms with van der Waals surface area (Å²) in [6, 6.07) is 1.59. The van der Waals surface area contributed by atoms with Gasteiger partial charge in [-0.15, -0.1) is 0 Å². The molecule has 1 saturated carbocycles. The minimum Gasteiger partial charge on any atom is -0.311 e. The molecule has 0 heterocycles. The van der Waals surface area contributed by atoms with Gasteiger partial charge >= 0.3 is 0 Å². The van der Waals surface area contributed by atoms with Crippen LogP contribution in [0.2, 0.25) is 0 Å². The van der Waals surface area contributed by atoms with Crippen LogP contribution in [0.4, 0.5) is 0 Å². The smallest absolute Gasteiger partial charge is 0.0107 e. The van der Waals surface area contributed by atoms with Crippen molar-refractivity contribution in [2.45, 2.75) is 70.4 Å². The summed E-state index contributed by atoms with van der Waals surface area (Å²) < 4.78 is 0. The SMILES string of the molecule is CCC1CCCC(NC2CC=CCC2)C1. The molecule has 0 aromatic rings. The van der Waals surface area contributed by atoms with Crippen LogP contribution < -0.4 is 5.32 Å². The van der Waals surface area contributed by atoms with E-state index in [1.807, 2.05) is 0 Å². The Morgan fingerprint density at radius 1 is 1.13 bits per heavy atom. The Balaban J connectivity index is 1.75. The van der Waals surface area contributed by atoms with Gasteiger partial charge in [-0.05, 0) is 38.0 Å². The molecule has 0 amide bonds. The molecular weight excluding hydrogens is 182 g/mol. The largest absolute Gasteiger partial charge is 0.311 e. The second-order valence-corrected chi connectivity index (χ2v) is 5.29. The maximum Gasteiger partial charge on any atom is 0.0107 e. The summed E-state index contributed by atoms with van der Waals surface area (Å²) in [6.45, 7) is 2.34. The van der Waals surface area contributed by atoms with Gasteiger partial charge in [-0.1, -0.05) is 38.3 Å². The summed E-state index contributed by atoms with van der Waals surface area (Å²) in [5.41, 5.74) is 0. The van der Waals surface area contributed by atoms with E-state index in [0.29, 0.717) is 0 Å². The van der Waals surface area contributed by atoms with Gasteiger partial charge in [-0.25, -0.2) is 0 Å². The summed E-state index contributed by atoms with van der Waals surface area (Å²) in [7, 11) is 0. The van der Waals surface area contributed by atoms with E-state index in [1.165, 1.54) is 51.4 Å². The molecule has 0 aliphatic heterocycles. The summed E-state index contributed by atoms with van der Waals surface area (Å²) in [6.07, 6.45) is 15.7. The van der Waals surface area contributed by atoms with E-state index in [-0.39, 0.29) is 0 Å². The Hall–Kier alpha value is -0.300. The number of rotatable bonds is 3. The zero-order chi connectivity index (χ0) is 10.5. The van der Waals surface area contributed by atoms with Crippen molar-refractivity contribution in [1.29, 1.82) is 0 Å². The molecule has 2 aliphatic carbocycles. The fourth-order valence-corrected chi connectivity index (χ4v) is 3.09. The van der Waals surface area contributed by atoms with Gasteiger partial charge in [0.2, 0.25) is 0 Å². The fraction of sp³-hybridized carbons (Fsp3) is 0.857. The fourth-order valence-electron chi connectivity index (χ4n) is 3.09. The average molecular weight is 207 g/mol. The minimum atomic E-state index is 0.774. The van der Waals surface area contributed by atoms with Crippen LogP contribution in [0.1, 0.15) is 58.3 Å². The van der Waals surface area contributed by atoms with Crippen molar-refractivity contribution in [3.8, 4) is 0 Å². The van der Waals surface area contributed by atoms with E-state index in [4.69, 9.17) is 0 Å². The first-order valence-corrected chi connectivity index (χ1v) is 6.79. The summed E-state index contributed by atoms with van der Waals surface area (Å²) in [4.78, 5) is 0. The molecule has 1 fully saturated rings. The minimum absolute atomic E-state index is 0.774. The predicted octanol–water partition coefficient (Wildman–Crippen LogP) is 3.65. The molecule has 1 nitrogen and oxygen atoms in total. The van der Waals surface area contributed by atoms with Crippen LogP contribution in [0.25, 0.3) is 0 Å². The van der Waals surface area contributed by atoms with E-state index in [2.05, 4.69) is 24.4 Å². The van der Waals surface area contributed by atoms with E-state index in [0.717, 1.165) is 18.0 Å². The summed E-state index contributed by atoms with van der Waals surface area (Å²) in [5, 5.41) is 3.87. The quantitative estimate of drug-likeness (QED) is 0.696. The highest BCUT2D eigenvalue weighted by Crippen LogP contribution is 2.27. The second-order valence-electron chi connectivity index (χ2n) is 5.29. The van der Waals surface area contributed by atoms with Gasteiger partial charge in [0, 0.05) is 12.1 Å². The standard InChI is InChI=1S/C14H25N/c1-2-12-7-6-10-14(11-12)15-13-8-4-3-5-9-13/h3-4,12-15H,2,5-11H2,1H3. The van der Waals surface area contributed by atoms with Crippen LogP contribution in [-0.2, 0) is 0 Å². The lowest BCUT2D eigenvalue weighted by molar-refractivity contribution is 0.256. The third kappa shape index (κ3) is 3.34. The molecule has 86 valence electrons. The van der Waals surface area contributed by atoms with E-state index in [9.17, 15) is 0 Å². The molecule has 0 radical (unpaired) electrons. The van der Waals surface area contributed by atoms with E-state index >= 15 is 0 Å². The van der Waals surface area contributed by atoms with Gasteiger partial charge in [0.25, 0.3) is 0 Å². The second kappa shape index (κ2) is 5.69. The van der Waals surface area contributed by atoms with E-state index < -0.39 is 0 Å². The lowest BCUT2D eigenvalue weighted by Crippen LogP contribution is -2.41. The summed E-state index contributed by atoms with van der Waals surface area (Å²) >= 11 is 0. The van der Waals surface area contributed by atoms with E-state index in [1.54, 1.807) is 0 Å². The van der Waals surface area contributed by atoms with Crippen molar-refractivity contribution in [1.82, 2.24) is 5.32 Å². The molecule has 1 heteroatoms. The van der Waals surface area contributed by atoms with Crippen LogP contribution in [0, 0.1) is 5.92 Å². The normalized spacial score (nSPS) is 36.7. The maximum atomic E-state index is 3.87. The van der Waals surface area contributed by atoms with Crippen molar-refractivity contribution in [3.05, 3.63) is 12.2 Å². The van der Waals surface area contributed by atoms with Gasteiger partial charge in [-0.3, -0.25) is 0 Å². The average Bonchev–Trinajstić information content (AvgIpc) is 2.31. The van der Waals surface area contributed by atoms with Gasteiger partial charge < -0.3 is 5.32 Å². The van der Waals surface area contributed by atoms with Crippen molar-refractivity contribution in [2.24, 2.45) is 5.92 Å². The Morgan fingerprint density at radius 2 is 2.07 bits per heavy atom. The Bertz CT molecular complexity index is 209. The lowest BCUT2D eigenvalue weighted by atomic mass is 9.83. The van der Waals surface area contributed by atoms with Gasteiger partial charge in [0.05, 0.1) is 0 Å². The molecule has 2 rings (SSSR count). The molecule has 3 atom stereocenters. The zero-order valence-corrected chi connectivity index (χ0v) is 10.0. The maximum absolute atomic E-state index is 3.87. The van der Waals surface area contributed by atoms with Crippen LogP contribution in [0.3, 0.4) is 0 Å². The van der Waals surface area contributed by atoms with Crippen molar-refractivity contribution in [3.63, 3.8) is 0 Å². The first-order valence-electron chi connectivity index (χ1n) is 6.79. The lowest BCUT2D eigenvalue weighted by Gasteiger charge is -2.33. The molecule has 15 heavy (non-hydrogen) atoms. The Labute approximate surface area is 94.3 Å². The van der Waals surface area contributed by atoms with Crippen LogP contribution in [0.15, 0.2) is 12.2 Å². The van der Waals surface area contributed by atoms with Gasteiger partial charge in [-0.2, -0.15) is 0 Å². The molecule has 0 aromatic carbocycles. The van der Waals surface area contributed by atoms with Crippen LogP contribution in [0.5, 0.6) is 0 Å². The third-order valence-corrected chi connectivity index (χ3v) is 4.10. The Morgan fingerprint density at radius 3 is 2.80 bits per heavy atom. The van der Waals surface area contributed by atoms with Crippen molar-refractivity contribution in [2.75, 3.05) is 0 Å². The predicted molar refractivity (Wildman–Crippen MR) is 66.0 cm³/mol. The van der Waals surface area contributed by atoms with Gasteiger partial charge in [0.1, 0.15) is 0 Å². The Kier molecular flexibility index (Phi) is 4.25. The van der Waals surface area contributed by atoms with Crippen molar-refractivity contribution < 1.29 is 0 Å².